The minimum absolute atomic E-state index is 0.0215. The van der Waals surface area contributed by atoms with E-state index in [9.17, 15) is 9.18 Å². The summed E-state index contributed by atoms with van der Waals surface area (Å²) in [5.74, 6) is -1.12. The molecule has 98 valence electrons. The van der Waals surface area contributed by atoms with Crippen LogP contribution in [0.1, 0.15) is 48.9 Å². The fourth-order valence-corrected chi connectivity index (χ4v) is 2.45. The molecule has 1 fully saturated rings. The van der Waals surface area contributed by atoms with E-state index in [2.05, 4.69) is 12.6 Å². The van der Waals surface area contributed by atoms with Crippen LogP contribution in [0.25, 0.3) is 0 Å². The maximum atomic E-state index is 13.5. The molecule has 0 bridgehead atoms. The average Bonchev–Trinajstić information content (AvgIpc) is 2.61. The van der Waals surface area contributed by atoms with Crippen molar-refractivity contribution < 1.29 is 13.9 Å². The largest absolute Gasteiger partial charge is 0.459 e. The van der Waals surface area contributed by atoms with Crippen molar-refractivity contribution in [2.45, 2.75) is 49.5 Å². The molecule has 2 nitrogen and oxygen atoms in total. The number of halogens is 1. The van der Waals surface area contributed by atoms with Crippen molar-refractivity contribution in [2.24, 2.45) is 0 Å². The second kappa shape index (κ2) is 6.23. The first-order chi connectivity index (χ1) is 8.66. The number of carbonyl (C=O) groups is 1. The van der Waals surface area contributed by atoms with Gasteiger partial charge in [0.25, 0.3) is 0 Å². The second-order valence-corrected chi connectivity index (χ2v) is 5.20. The molecule has 4 heteroatoms. The summed E-state index contributed by atoms with van der Waals surface area (Å²) in [5, 5.41) is 0. The molecule has 0 atom stereocenters. The standard InChI is InChI=1S/C14H17FO2S/c15-13-8-7-11(18)9-12(13)14(16)17-10-5-3-1-2-4-6-10/h7-10,18H,1-6H2. The maximum absolute atomic E-state index is 13.5. The van der Waals surface area contributed by atoms with Crippen molar-refractivity contribution in [3.63, 3.8) is 0 Å². The van der Waals surface area contributed by atoms with E-state index >= 15 is 0 Å². The van der Waals surface area contributed by atoms with Crippen molar-refractivity contribution >= 4 is 18.6 Å². The molecule has 0 spiro atoms. The lowest BCUT2D eigenvalue weighted by Crippen LogP contribution is -2.18. The summed E-state index contributed by atoms with van der Waals surface area (Å²) < 4.78 is 18.9. The van der Waals surface area contributed by atoms with Crippen LogP contribution in [0.3, 0.4) is 0 Å². The van der Waals surface area contributed by atoms with Gasteiger partial charge in [0.15, 0.2) is 0 Å². The zero-order chi connectivity index (χ0) is 13.0. The molecule has 0 radical (unpaired) electrons. The number of benzene rings is 1. The minimum Gasteiger partial charge on any atom is -0.459 e. The van der Waals surface area contributed by atoms with Crippen molar-refractivity contribution in [2.75, 3.05) is 0 Å². The number of thiol groups is 1. The maximum Gasteiger partial charge on any atom is 0.341 e. The molecule has 0 saturated heterocycles. The summed E-state index contributed by atoms with van der Waals surface area (Å²) in [6.45, 7) is 0. The lowest BCUT2D eigenvalue weighted by atomic mass is 10.1. The van der Waals surface area contributed by atoms with E-state index in [1.807, 2.05) is 0 Å². The quantitative estimate of drug-likeness (QED) is 0.498. The Labute approximate surface area is 112 Å². The normalized spacial score (nSPS) is 17.2. The topological polar surface area (TPSA) is 26.3 Å². The summed E-state index contributed by atoms with van der Waals surface area (Å²) in [7, 11) is 0. The van der Waals surface area contributed by atoms with Crippen LogP contribution in [-0.4, -0.2) is 12.1 Å². The Bertz CT molecular complexity index is 426. The van der Waals surface area contributed by atoms with Gasteiger partial charge in [0.05, 0.1) is 5.56 Å². The van der Waals surface area contributed by atoms with E-state index in [1.54, 1.807) is 0 Å². The molecule has 1 aliphatic rings. The summed E-state index contributed by atoms with van der Waals surface area (Å²) in [4.78, 5) is 12.5. The van der Waals surface area contributed by atoms with Gasteiger partial charge in [-0.25, -0.2) is 9.18 Å². The zero-order valence-corrected chi connectivity index (χ0v) is 11.1. The van der Waals surface area contributed by atoms with Crippen molar-refractivity contribution in [3.05, 3.63) is 29.6 Å². The van der Waals surface area contributed by atoms with Gasteiger partial charge in [-0.1, -0.05) is 12.8 Å². The summed E-state index contributed by atoms with van der Waals surface area (Å²) in [6, 6.07) is 4.17. The molecular formula is C14H17FO2S. The van der Waals surface area contributed by atoms with Gasteiger partial charge in [-0.15, -0.1) is 12.6 Å². The minimum atomic E-state index is -0.574. The highest BCUT2D eigenvalue weighted by molar-refractivity contribution is 7.80. The molecule has 0 aliphatic heterocycles. The van der Waals surface area contributed by atoms with Crippen molar-refractivity contribution in [3.8, 4) is 0 Å². The monoisotopic (exact) mass is 268 g/mol. The van der Waals surface area contributed by atoms with E-state index in [0.717, 1.165) is 25.7 Å². The number of esters is 1. The SMILES string of the molecule is O=C(OC1CCCCCC1)c1cc(S)ccc1F. The van der Waals surface area contributed by atoms with Gasteiger partial charge < -0.3 is 4.74 Å². The van der Waals surface area contributed by atoms with Crippen LogP contribution in [-0.2, 0) is 4.74 Å². The molecule has 1 aromatic rings. The highest BCUT2D eigenvalue weighted by Gasteiger charge is 2.20. The van der Waals surface area contributed by atoms with Crippen LogP contribution < -0.4 is 0 Å². The lowest BCUT2D eigenvalue weighted by Gasteiger charge is -2.15. The van der Waals surface area contributed by atoms with Crippen LogP contribution in [0.2, 0.25) is 0 Å². The van der Waals surface area contributed by atoms with Gasteiger partial charge in [0.1, 0.15) is 11.9 Å². The first kappa shape index (κ1) is 13.4. The molecule has 1 saturated carbocycles. The van der Waals surface area contributed by atoms with Crippen LogP contribution >= 0.6 is 12.6 Å². The molecule has 0 aromatic heterocycles. The molecule has 1 aromatic carbocycles. The van der Waals surface area contributed by atoms with Crippen LogP contribution in [0.5, 0.6) is 0 Å². The van der Waals surface area contributed by atoms with Gasteiger partial charge in [-0.2, -0.15) is 0 Å². The van der Waals surface area contributed by atoms with E-state index in [1.165, 1.54) is 31.0 Å². The van der Waals surface area contributed by atoms with Gasteiger partial charge in [0.2, 0.25) is 0 Å². The van der Waals surface area contributed by atoms with E-state index < -0.39 is 11.8 Å². The number of carbonyl (C=O) groups excluding carboxylic acids is 1. The van der Waals surface area contributed by atoms with Gasteiger partial charge in [0, 0.05) is 4.90 Å². The predicted octanol–water partition coefficient (Wildman–Crippen LogP) is 3.99. The Morgan fingerprint density at radius 1 is 1.22 bits per heavy atom. The Kier molecular flexibility index (Phi) is 4.64. The highest BCUT2D eigenvalue weighted by Crippen LogP contribution is 2.22. The van der Waals surface area contributed by atoms with E-state index in [0.29, 0.717) is 4.90 Å². The molecule has 0 amide bonds. The molecule has 1 aliphatic carbocycles. The smallest absolute Gasteiger partial charge is 0.341 e. The fraction of sp³-hybridized carbons (Fsp3) is 0.500. The lowest BCUT2D eigenvalue weighted by molar-refractivity contribution is 0.0262. The average molecular weight is 268 g/mol. The van der Waals surface area contributed by atoms with E-state index in [-0.39, 0.29) is 11.7 Å². The molecule has 2 rings (SSSR count). The third kappa shape index (κ3) is 3.48. The number of rotatable bonds is 2. The molecule has 0 heterocycles. The first-order valence-corrected chi connectivity index (χ1v) is 6.81. The zero-order valence-electron chi connectivity index (χ0n) is 10.2. The molecule has 0 unspecified atom stereocenters. The predicted molar refractivity (Wildman–Crippen MR) is 70.6 cm³/mol. The van der Waals surface area contributed by atoms with Gasteiger partial charge in [-0.05, 0) is 43.9 Å². The Morgan fingerprint density at radius 2 is 1.89 bits per heavy atom. The van der Waals surface area contributed by atoms with E-state index in [4.69, 9.17) is 4.74 Å². The van der Waals surface area contributed by atoms with Crippen LogP contribution in [0.4, 0.5) is 4.39 Å². The molecular weight excluding hydrogens is 251 g/mol. The Balaban J connectivity index is 2.04. The molecule has 18 heavy (non-hydrogen) atoms. The summed E-state index contributed by atoms with van der Waals surface area (Å²) >= 11 is 4.10. The fourth-order valence-electron chi connectivity index (χ4n) is 2.24. The number of hydrogen-bond donors (Lipinski definition) is 1. The van der Waals surface area contributed by atoms with Crippen molar-refractivity contribution in [1.82, 2.24) is 0 Å². The third-order valence-corrected chi connectivity index (χ3v) is 3.52. The van der Waals surface area contributed by atoms with Crippen LogP contribution in [0.15, 0.2) is 23.1 Å². The second-order valence-electron chi connectivity index (χ2n) is 4.68. The Morgan fingerprint density at radius 3 is 2.56 bits per heavy atom. The summed E-state index contributed by atoms with van der Waals surface area (Å²) in [6.07, 6.45) is 6.23. The van der Waals surface area contributed by atoms with Crippen LogP contribution in [0, 0.1) is 5.82 Å². The molecule has 0 N–H and O–H groups in total. The summed E-state index contributed by atoms with van der Waals surface area (Å²) in [5.41, 5.74) is -0.0215. The number of hydrogen-bond acceptors (Lipinski definition) is 3. The van der Waals surface area contributed by atoms with Gasteiger partial charge in [-0.3, -0.25) is 0 Å². The first-order valence-electron chi connectivity index (χ1n) is 6.36. The highest BCUT2D eigenvalue weighted by atomic mass is 32.1. The van der Waals surface area contributed by atoms with Crippen molar-refractivity contribution in [1.29, 1.82) is 0 Å². The third-order valence-electron chi connectivity index (χ3n) is 3.25. The number of ether oxygens (including phenoxy) is 1. The Hall–Kier alpha value is -1.03. The van der Waals surface area contributed by atoms with Gasteiger partial charge >= 0.3 is 5.97 Å².